The fourth-order valence-electron chi connectivity index (χ4n) is 2.72. The molecule has 3 aromatic rings. The minimum absolute atomic E-state index is 0.0821. The van der Waals surface area contributed by atoms with Crippen molar-refractivity contribution in [2.24, 2.45) is 11.5 Å². The number of nitrogens with zero attached hydrogens (tertiary/aromatic N) is 3. The van der Waals surface area contributed by atoms with Crippen LogP contribution in [0.2, 0.25) is 0 Å². The zero-order chi connectivity index (χ0) is 19.8. The molecule has 4 N–H and O–H groups in total. The Bertz CT molecular complexity index is 880. The predicted octanol–water partition coefficient (Wildman–Crippen LogP) is 1.59. The SMILES string of the molecule is NCc1nc(CN(CC(N)=O)Cc2ccc(OCc3ccccc3)cc2)no1. The van der Waals surface area contributed by atoms with E-state index in [-0.39, 0.29) is 13.1 Å². The van der Waals surface area contributed by atoms with Crippen LogP contribution < -0.4 is 16.2 Å². The third-order valence-electron chi connectivity index (χ3n) is 4.01. The lowest BCUT2D eigenvalue weighted by molar-refractivity contribution is -0.119. The molecule has 1 amide bonds. The van der Waals surface area contributed by atoms with Crippen molar-refractivity contribution in [1.82, 2.24) is 15.0 Å². The number of hydrogen-bond donors (Lipinski definition) is 2. The van der Waals surface area contributed by atoms with Crippen molar-refractivity contribution in [3.8, 4) is 5.75 Å². The van der Waals surface area contributed by atoms with Gasteiger partial charge in [0.25, 0.3) is 0 Å². The Morgan fingerprint density at radius 2 is 1.79 bits per heavy atom. The summed E-state index contributed by atoms with van der Waals surface area (Å²) < 4.78 is 10.8. The lowest BCUT2D eigenvalue weighted by atomic mass is 10.2. The molecule has 28 heavy (non-hydrogen) atoms. The second-order valence-electron chi connectivity index (χ2n) is 6.34. The number of carbonyl (C=O) groups is 1. The number of nitrogens with two attached hydrogens (primary N) is 2. The number of aromatic nitrogens is 2. The molecule has 146 valence electrons. The predicted molar refractivity (Wildman–Crippen MR) is 103 cm³/mol. The molecule has 0 saturated carbocycles. The summed E-state index contributed by atoms with van der Waals surface area (Å²) in [6.45, 7) is 1.61. The van der Waals surface area contributed by atoms with Crippen molar-refractivity contribution in [2.45, 2.75) is 26.2 Å². The van der Waals surface area contributed by atoms with Gasteiger partial charge in [-0.05, 0) is 23.3 Å². The number of amides is 1. The van der Waals surface area contributed by atoms with Gasteiger partial charge < -0.3 is 20.7 Å². The van der Waals surface area contributed by atoms with Gasteiger partial charge in [-0.1, -0.05) is 47.6 Å². The second kappa shape index (κ2) is 9.63. The van der Waals surface area contributed by atoms with Crippen LogP contribution in [0.1, 0.15) is 22.8 Å². The molecule has 0 aliphatic rings. The van der Waals surface area contributed by atoms with E-state index >= 15 is 0 Å². The number of benzene rings is 2. The van der Waals surface area contributed by atoms with Gasteiger partial charge in [0.2, 0.25) is 11.8 Å². The Morgan fingerprint density at radius 3 is 2.43 bits per heavy atom. The zero-order valence-corrected chi connectivity index (χ0v) is 15.5. The minimum atomic E-state index is -0.426. The van der Waals surface area contributed by atoms with Crippen LogP contribution in [0.4, 0.5) is 0 Å². The first-order chi connectivity index (χ1) is 13.6. The molecule has 0 fully saturated rings. The third-order valence-corrected chi connectivity index (χ3v) is 4.01. The van der Waals surface area contributed by atoms with Gasteiger partial charge in [0.05, 0.1) is 19.6 Å². The average Bonchev–Trinajstić information content (AvgIpc) is 3.15. The summed E-state index contributed by atoms with van der Waals surface area (Å²) in [5, 5.41) is 3.86. The summed E-state index contributed by atoms with van der Waals surface area (Å²) in [5.74, 6) is 1.17. The quantitative estimate of drug-likeness (QED) is 0.547. The Hall–Kier alpha value is -3.23. The van der Waals surface area contributed by atoms with Crippen LogP contribution in [-0.2, 0) is 31.0 Å². The second-order valence-corrected chi connectivity index (χ2v) is 6.34. The van der Waals surface area contributed by atoms with E-state index in [0.29, 0.717) is 31.4 Å². The van der Waals surface area contributed by atoms with Crippen LogP contribution in [0.5, 0.6) is 5.75 Å². The van der Waals surface area contributed by atoms with E-state index in [0.717, 1.165) is 16.9 Å². The number of primary amides is 1. The lowest BCUT2D eigenvalue weighted by Gasteiger charge is -2.19. The molecule has 0 aliphatic carbocycles. The largest absolute Gasteiger partial charge is 0.489 e. The first-order valence-electron chi connectivity index (χ1n) is 8.90. The Labute approximate surface area is 163 Å². The summed E-state index contributed by atoms with van der Waals surface area (Å²) in [5.41, 5.74) is 13.0. The molecule has 2 aromatic carbocycles. The van der Waals surface area contributed by atoms with Gasteiger partial charge in [0.15, 0.2) is 5.82 Å². The van der Waals surface area contributed by atoms with Crippen LogP contribution in [0, 0.1) is 0 Å². The monoisotopic (exact) mass is 381 g/mol. The van der Waals surface area contributed by atoms with Crippen molar-refractivity contribution >= 4 is 5.91 Å². The van der Waals surface area contributed by atoms with Crippen LogP contribution in [0.25, 0.3) is 0 Å². The van der Waals surface area contributed by atoms with Crippen LogP contribution in [-0.4, -0.2) is 27.5 Å². The van der Waals surface area contributed by atoms with Crippen LogP contribution in [0.3, 0.4) is 0 Å². The molecular weight excluding hydrogens is 358 g/mol. The molecule has 1 heterocycles. The fourth-order valence-corrected chi connectivity index (χ4v) is 2.72. The van der Waals surface area contributed by atoms with E-state index in [9.17, 15) is 4.79 Å². The topological polar surface area (TPSA) is 121 Å². The van der Waals surface area contributed by atoms with E-state index < -0.39 is 5.91 Å². The summed E-state index contributed by atoms with van der Waals surface area (Å²) in [6, 6.07) is 17.7. The van der Waals surface area contributed by atoms with Crippen LogP contribution >= 0.6 is 0 Å². The molecule has 8 heteroatoms. The van der Waals surface area contributed by atoms with Gasteiger partial charge in [-0.3, -0.25) is 9.69 Å². The fraction of sp³-hybridized carbons (Fsp3) is 0.250. The molecular formula is C20H23N5O3. The molecule has 3 rings (SSSR count). The van der Waals surface area contributed by atoms with E-state index in [4.69, 9.17) is 20.7 Å². The highest BCUT2D eigenvalue weighted by molar-refractivity contribution is 5.75. The van der Waals surface area contributed by atoms with Crippen molar-refractivity contribution in [1.29, 1.82) is 0 Å². The molecule has 8 nitrogen and oxygen atoms in total. The summed E-state index contributed by atoms with van der Waals surface area (Å²) in [6.07, 6.45) is 0. The highest BCUT2D eigenvalue weighted by Gasteiger charge is 2.14. The summed E-state index contributed by atoms with van der Waals surface area (Å²) in [4.78, 5) is 17.4. The van der Waals surface area contributed by atoms with Crippen molar-refractivity contribution in [3.63, 3.8) is 0 Å². The number of hydrogen-bond acceptors (Lipinski definition) is 7. The van der Waals surface area contributed by atoms with Gasteiger partial charge in [0.1, 0.15) is 12.4 Å². The summed E-state index contributed by atoms with van der Waals surface area (Å²) in [7, 11) is 0. The highest BCUT2D eigenvalue weighted by Crippen LogP contribution is 2.16. The smallest absolute Gasteiger partial charge is 0.240 e. The first kappa shape index (κ1) is 19.5. The van der Waals surface area contributed by atoms with Gasteiger partial charge in [-0.2, -0.15) is 4.98 Å². The molecule has 1 aromatic heterocycles. The van der Waals surface area contributed by atoms with Gasteiger partial charge >= 0.3 is 0 Å². The number of carbonyl (C=O) groups excluding carboxylic acids is 1. The van der Waals surface area contributed by atoms with Gasteiger partial charge in [-0.15, -0.1) is 0 Å². The standard InChI is InChI=1S/C20H23N5O3/c21-10-20-23-19(24-28-20)13-25(12-18(22)26)11-15-6-8-17(9-7-15)27-14-16-4-2-1-3-5-16/h1-9H,10-14,21H2,(H2,22,26). The molecule has 0 atom stereocenters. The van der Waals surface area contributed by atoms with Gasteiger partial charge in [0, 0.05) is 6.54 Å². The normalized spacial score (nSPS) is 10.9. The highest BCUT2D eigenvalue weighted by atomic mass is 16.5. The third kappa shape index (κ3) is 5.90. The van der Waals surface area contributed by atoms with Crippen molar-refractivity contribution in [2.75, 3.05) is 6.54 Å². The zero-order valence-electron chi connectivity index (χ0n) is 15.5. The Kier molecular flexibility index (Phi) is 6.72. The van der Waals surface area contributed by atoms with Crippen LogP contribution in [0.15, 0.2) is 59.1 Å². The van der Waals surface area contributed by atoms with Crippen molar-refractivity contribution < 1.29 is 14.1 Å². The summed E-state index contributed by atoms with van der Waals surface area (Å²) >= 11 is 0. The maximum absolute atomic E-state index is 11.4. The molecule has 0 bridgehead atoms. The maximum Gasteiger partial charge on any atom is 0.240 e. The Morgan fingerprint density at radius 1 is 1.04 bits per heavy atom. The lowest BCUT2D eigenvalue weighted by Crippen LogP contribution is -2.33. The van der Waals surface area contributed by atoms with Crippen molar-refractivity contribution in [3.05, 3.63) is 77.4 Å². The first-order valence-corrected chi connectivity index (χ1v) is 8.90. The van der Waals surface area contributed by atoms with E-state index in [1.165, 1.54) is 0 Å². The maximum atomic E-state index is 11.4. The molecule has 0 spiro atoms. The van der Waals surface area contributed by atoms with E-state index in [1.54, 1.807) is 0 Å². The number of ether oxygens (including phenoxy) is 1. The molecule has 0 saturated heterocycles. The van der Waals surface area contributed by atoms with E-state index in [2.05, 4.69) is 10.1 Å². The van der Waals surface area contributed by atoms with E-state index in [1.807, 2.05) is 59.5 Å². The van der Waals surface area contributed by atoms with Gasteiger partial charge in [-0.25, -0.2) is 0 Å². The molecule has 0 aliphatic heterocycles. The minimum Gasteiger partial charge on any atom is -0.489 e. The Balaban J connectivity index is 1.59. The molecule has 0 unspecified atom stereocenters. The number of rotatable bonds is 10. The molecule has 0 radical (unpaired) electrons. The average molecular weight is 381 g/mol.